The Labute approximate surface area is 127 Å². The molecule has 0 radical (unpaired) electrons. The van der Waals surface area contributed by atoms with Crippen LogP contribution in [0.1, 0.15) is 37.9 Å². The average Bonchev–Trinajstić information content (AvgIpc) is 2.98. The molecule has 1 aromatic rings. The summed E-state index contributed by atoms with van der Waals surface area (Å²) >= 11 is 0. The van der Waals surface area contributed by atoms with Gasteiger partial charge in [0.25, 0.3) is 0 Å². The zero-order chi connectivity index (χ0) is 14.5. The molecule has 5 heteroatoms. The van der Waals surface area contributed by atoms with Crippen molar-refractivity contribution in [3.05, 3.63) is 30.1 Å². The van der Waals surface area contributed by atoms with E-state index in [0.29, 0.717) is 12.1 Å². The van der Waals surface area contributed by atoms with E-state index in [2.05, 4.69) is 45.1 Å². The summed E-state index contributed by atoms with van der Waals surface area (Å²) < 4.78 is 0. The third kappa shape index (κ3) is 3.80. The summed E-state index contributed by atoms with van der Waals surface area (Å²) in [5, 5.41) is 3.84. The van der Waals surface area contributed by atoms with Crippen molar-refractivity contribution in [2.75, 3.05) is 26.2 Å². The smallest absolute Gasteiger partial charge is 0.0800 e. The van der Waals surface area contributed by atoms with Crippen LogP contribution in [-0.2, 0) is 0 Å². The molecule has 3 heterocycles. The number of aromatic nitrogens is 1. The highest BCUT2D eigenvalue weighted by Gasteiger charge is 2.31. The van der Waals surface area contributed by atoms with E-state index in [-0.39, 0.29) is 6.04 Å². The van der Waals surface area contributed by atoms with Crippen molar-refractivity contribution >= 4 is 0 Å². The van der Waals surface area contributed by atoms with Gasteiger partial charge in [-0.15, -0.1) is 0 Å². The largest absolute Gasteiger partial charge is 0.308 e. The van der Waals surface area contributed by atoms with Crippen molar-refractivity contribution in [3.8, 4) is 0 Å². The molecule has 2 atom stereocenters. The van der Waals surface area contributed by atoms with Crippen LogP contribution in [0.2, 0.25) is 0 Å². The molecule has 2 fully saturated rings. The molecule has 0 aromatic carbocycles. The standard InChI is InChI=1S/C16H27N5/c1-2-9-21-10-6-13(7-11-21)19-15-12-18-20-16(15)14-5-3-4-8-17-14/h3-5,8,13,15-16,18-20H,2,6-7,9-12H2,1H3. The minimum atomic E-state index is 0.264. The van der Waals surface area contributed by atoms with Crippen LogP contribution in [0.4, 0.5) is 0 Å². The van der Waals surface area contributed by atoms with Gasteiger partial charge in [-0.2, -0.15) is 0 Å². The molecule has 0 saturated carbocycles. The molecule has 0 amide bonds. The lowest BCUT2D eigenvalue weighted by Gasteiger charge is -2.34. The number of pyridine rings is 1. The molecule has 21 heavy (non-hydrogen) atoms. The Balaban J connectivity index is 1.53. The Kier molecular flexibility index (Phi) is 5.19. The lowest BCUT2D eigenvalue weighted by molar-refractivity contribution is 0.190. The van der Waals surface area contributed by atoms with Crippen LogP contribution in [0, 0.1) is 0 Å². The number of rotatable bonds is 5. The molecule has 0 spiro atoms. The Morgan fingerprint density at radius 2 is 2.19 bits per heavy atom. The third-order valence-corrected chi connectivity index (χ3v) is 4.57. The Hall–Kier alpha value is -1.01. The van der Waals surface area contributed by atoms with Crippen molar-refractivity contribution in [2.24, 2.45) is 0 Å². The van der Waals surface area contributed by atoms with Gasteiger partial charge in [-0.25, -0.2) is 5.43 Å². The predicted molar refractivity (Wildman–Crippen MR) is 84.8 cm³/mol. The molecule has 2 aliphatic heterocycles. The van der Waals surface area contributed by atoms with Gasteiger partial charge in [-0.3, -0.25) is 10.4 Å². The highest BCUT2D eigenvalue weighted by atomic mass is 15.4. The number of hydrogen-bond acceptors (Lipinski definition) is 5. The number of hydrogen-bond donors (Lipinski definition) is 3. The normalized spacial score (nSPS) is 28.0. The lowest BCUT2D eigenvalue weighted by Crippen LogP contribution is -2.48. The fourth-order valence-corrected chi connectivity index (χ4v) is 3.43. The van der Waals surface area contributed by atoms with Gasteiger partial charge in [-0.05, 0) is 51.0 Å². The fraction of sp³-hybridized carbons (Fsp3) is 0.688. The minimum Gasteiger partial charge on any atom is -0.308 e. The first kappa shape index (κ1) is 14.9. The Morgan fingerprint density at radius 1 is 1.33 bits per heavy atom. The number of piperidine rings is 1. The van der Waals surface area contributed by atoms with Crippen LogP contribution < -0.4 is 16.2 Å². The van der Waals surface area contributed by atoms with E-state index >= 15 is 0 Å². The number of nitrogens with zero attached hydrogens (tertiary/aromatic N) is 2. The first-order valence-corrected chi connectivity index (χ1v) is 8.24. The van der Waals surface area contributed by atoms with Gasteiger partial charge in [0, 0.05) is 24.8 Å². The molecule has 5 nitrogen and oxygen atoms in total. The zero-order valence-electron chi connectivity index (χ0n) is 12.9. The van der Waals surface area contributed by atoms with Crippen LogP contribution in [0.25, 0.3) is 0 Å². The summed E-state index contributed by atoms with van der Waals surface area (Å²) in [5.41, 5.74) is 7.75. The second-order valence-electron chi connectivity index (χ2n) is 6.15. The average molecular weight is 289 g/mol. The molecule has 0 aliphatic carbocycles. The van der Waals surface area contributed by atoms with Crippen molar-refractivity contribution in [2.45, 2.75) is 44.3 Å². The van der Waals surface area contributed by atoms with Crippen LogP contribution in [0.5, 0.6) is 0 Å². The van der Waals surface area contributed by atoms with E-state index in [9.17, 15) is 0 Å². The van der Waals surface area contributed by atoms with Crippen molar-refractivity contribution in [1.29, 1.82) is 0 Å². The van der Waals surface area contributed by atoms with Gasteiger partial charge in [0.05, 0.1) is 11.7 Å². The Morgan fingerprint density at radius 3 is 2.90 bits per heavy atom. The van der Waals surface area contributed by atoms with E-state index in [4.69, 9.17) is 0 Å². The summed E-state index contributed by atoms with van der Waals surface area (Å²) in [6.45, 7) is 6.92. The van der Waals surface area contributed by atoms with Crippen molar-refractivity contribution < 1.29 is 0 Å². The van der Waals surface area contributed by atoms with E-state index in [1.165, 1.54) is 38.9 Å². The zero-order valence-corrected chi connectivity index (χ0v) is 12.9. The molecular weight excluding hydrogens is 262 g/mol. The van der Waals surface area contributed by atoms with E-state index in [1.807, 2.05) is 12.3 Å². The molecule has 116 valence electrons. The SMILES string of the molecule is CCCN1CCC(NC2CNNC2c2ccccn2)CC1. The predicted octanol–water partition coefficient (Wildman–Crippen LogP) is 1.06. The van der Waals surface area contributed by atoms with Gasteiger partial charge in [0.2, 0.25) is 0 Å². The first-order valence-electron chi connectivity index (χ1n) is 8.24. The van der Waals surface area contributed by atoms with Gasteiger partial charge < -0.3 is 10.2 Å². The summed E-state index contributed by atoms with van der Waals surface area (Å²) in [7, 11) is 0. The molecule has 1 aromatic heterocycles. The van der Waals surface area contributed by atoms with E-state index in [1.54, 1.807) is 0 Å². The fourth-order valence-electron chi connectivity index (χ4n) is 3.43. The number of likely N-dealkylation sites (tertiary alicyclic amines) is 1. The molecule has 3 rings (SSSR count). The molecule has 2 saturated heterocycles. The molecule has 2 aliphatic rings. The maximum atomic E-state index is 4.49. The monoisotopic (exact) mass is 289 g/mol. The van der Waals surface area contributed by atoms with E-state index in [0.717, 1.165) is 12.2 Å². The maximum Gasteiger partial charge on any atom is 0.0800 e. The Bertz CT molecular complexity index is 416. The van der Waals surface area contributed by atoms with Gasteiger partial charge in [-0.1, -0.05) is 13.0 Å². The number of hydrazine groups is 1. The molecule has 0 bridgehead atoms. The van der Waals surface area contributed by atoms with Crippen LogP contribution in [0.3, 0.4) is 0 Å². The van der Waals surface area contributed by atoms with Crippen LogP contribution in [-0.4, -0.2) is 48.1 Å². The van der Waals surface area contributed by atoms with Crippen molar-refractivity contribution in [1.82, 2.24) is 26.1 Å². The molecule has 2 unspecified atom stereocenters. The highest BCUT2D eigenvalue weighted by Crippen LogP contribution is 2.19. The summed E-state index contributed by atoms with van der Waals surface area (Å²) in [6.07, 6.45) is 5.64. The van der Waals surface area contributed by atoms with E-state index < -0.39 is 0 Å². The topological polar surface area (TPSA) is 52.2 Å². The maximum absolute atomic E-state index is 4.49. The molecular formula is C16H27N5. The van der Waals surface area contributed by atoms with Crippen LogP contribution in [0.15, 0.2) is 24.4 Å². The third-order valence-electron chi connectivity index (χ3n) is 4.57. The summed E-state index contributed by atoms with van der Waals surface area (Å²) in [5.74, 6) is 0. The first-order chi connectivity index (χ1) is 10.4. The lowest BCUT2D eigenvalue weighted by atomic mass is 10.0. The van der Waals surface area contributed by atoms with Gasteiger partial charge >= 0.3 is 0 Å². The number of nitrogens with one attached hydrogen (secondary N) is 3. The highest BCUT2D eigenvalue weighted by molar-refractivity contribution is 5.13. The van der Waals surface area contributed by atoms with Crippen LogP contribution >= 0.6 is 0 Å². The minimum absolute atomic E-state index is 0.264. The quantitative estimate of drug-likeness (QED) is 0.757. The molecule has 3 N–H and O–H groups in total. The second-order valence-corrected chi connectivity index (χ2v) is 6.15. The van der Waals surface area contributed by atoms with Gasteiger partial charge in [0.1, 0.15) is 0 Å². The second kappa shape index (κ2) is 7.31. The van der Waals surface area contributed by atoms with Crippen molar-refractivity contribution in [3.63, 3.8) is 0 Å². The summed E-state index contributed by atoms with van der Waals surface area (Å²) in [4.78, 5) is 7.07. The summed E-state index contributed by atoms with van der Waals surface area (Å²) in [6, 6.07) is 7.45. The van der Waals surface area contributed by atoms with Gasteiger partial charge in [0.15, 0.2) is 0 Å².